The molecule has 2 aliphatic heterocycles. The third-order valence-electron chi connectivity index (χ3n) is 4.90. The molecule has 2 saturated heterocycles. The number of piperidine rings is 2. The molecule has 2 heterocycles. The Labute approximate surface area is 168 Å². The molecule has 2 fully saturated rings. The summed E-state index contributed by atoms with van der Waals surface area (Å²) < 4.78 is 51.5. The van der Waals surface area contributed by atoms with Gasteiger partial charge < -0.3 is 15.5 Å². The van der Waals surface area contributed by atoms with Crippen molar-refractivity contribution in [2.24, 2.45) is 0 Å². The number of carbonyl (C=O) groups excluding carboxylic acids is 2. The average Bonchev–Trinajstić information content (AvgIpc) is 2.58. The van der Waals surface area contributed by atoms with Gasteiger partial charge in [0.2, 0.25) is 11.8 Å². The molecule has 2 amide bonds. The zero-order chi connectivity index (χ0) is 19.8. The Bertz CT molecular complexity index is 858. The van der Waals surface area contributed by atoms with E-state index in [4.69, 9.17) is 0 Å². The van der Waals surface area contributed by atoms with Gasteiger partial charge >= 0.3 is 0 Å². The second-order valence-corrected chi connectivity index (χ2v) is 8.92. The topological polar surface area (TPSA) is 95.6 Å². The molecular weight excluding hydrogens is 416 g/mol. The van der Waals surface area contributed by atoms with Gasteiger partial charge in [-0.05, 0) is 31.4 Å². The first-order valence-electron chi connectivity index (χ1n) is 8.69. The van der Waals surface area contributed by atoms with Crippen LogP contribution in [0.2, 0.25) is 0 Å². The first kappa shape index (κ1) is 22.4. The number of benzene rings is 1. The summed E-state index contributed by atoms with van der Waals surface area (Å²) in [6.45, 7) is 0.981. The van der Waals surface area contributed by atoms with Crippen LogP contribution in [0.3, 0.4) is 0 Å². The van der Waals surface area contributed by atoms with Crippen molar-refractivity contribution in [3.8, 4) is 0 Å². The smallest absolute Gasteiger partial charge is 0.245 e. The van der Waals surface area contributed by atoms with Gasteiger partial charge in [0.05, 0.1) is 4.90 Å². The van der Waals surface area contributed by atoms with Crippen molar-refractivity contribution in [2.45, 2.75) is 42.7 Å². The number of hydrogen-bond donors (Lipinski definition) is 2. The van der Waals surface area contributed by atoms with E-state index in [1.807, 2.05) is 0 Å². The van der Waals surface area contributed by atoms with E-state index in [1.165, 1.54) is 0 Å². The molecule has 0 aromatic heterocycles. The maximum atomic E-state index is 14.3. The van der Waals surface area contributed by atoms with Crippen LogP contribution in [0.5, 0.6) is 0 Å². The van der Waals surface area contributed by atoms with Crippen LogP contribution in [-0.4, -0.2) is 56.6 Å². The van der Waals surface area contributed by atoms with Crippen molar-refractivity contribution < 1.29 is 26.8 Å². The van der Waals surface area contributed by atoms with Crippen LogP contribution in [0.1, 0.15) is 25.7 Å². The molecule has 7 nitrogen and oxygen atoms in total. The normalized spacial score (nSPS) is 23.0. The molecule has 0 saturated carbocycles. The molecule has 1 aromatic carbocycles. The summed E-state index contributed by atoms with van der Waals surface area (Å²) in [7, 11) is -3.76. The molecule has 28 heavy (non-hydrogen) atoms. The molecule has 3 rings (SSSR count). The highest BCUT2D eigenvalue weighted by Gasteiger charge is 2.36. The molecule has 1 unspecified atom stereocenters. The minimum Gasteiger partial charge on any atom is -0.369 e. The number of anilines is 1. The lowest BCUT2D eigenvalue weighted by molar-refractivity contribution is -0.139. The molecule has 2 atom stereocenters. The molecule has 0 bridgehead atoms. The van der Waals surface area contributed by atoms with Crippen LogP contribution in [0.15, 0.2) is 17.0 Å². The Morgan fingerprint density at radius 1 is 1.18 bits per heavy atom. The van der Waals surface area contributed by atoms with E-state index < -0.39 is 38.1 Å². The van der Waals surface area contributed by atoms with Crippen LogP contribution >= 0.6 is 12.4 Å². The summed E-state index contributed by atoms with van der Waals surface area (Å²) in [5.41, 5.74) is -0.524. The Morgan fingerprint density at radius 2 is 1.82 bits per heavy atom. The first-order valence-corrected chi connectivity index (χ1v) is 10.6. The molecule has 1 aromatic rings. The Morgan fingerprint density at radius 3 is 2.39 bits per heavy atom. The lowest BCUT2D eigenvalue weighted by Crippen LogP contribution is -2.55. The van der Waals surface area contributed by atoms with Crippen LogP contribution in [-0.2, 0) is 19.4 Å². The monoisotopic (exact) mass is 437 g/mol. The zero-order valence-corrected chi connectivity index (χ0v) is 16.8. The average molecular weight is 438 g/mol. The SMILES string of the molecule is CS(=O)(=O)c1cc(F)c(NC2CCCN([C@H]3CCNC(=O)C3)C2=O)c(F)c1.Cl. The van der Waals surface area contributed by atoms with Crippen molar-refractivity contribution in [1.29, 1.82) is 0 Å². The highest BCUT2D eigenvalue weighted by Crippen LogP contribution is 2.27. The first-order chi connectivity index (χ1) is 12.7. The van der Waals surface area contributed by atoms with Crippen molar-refractivity contribution in [1.82, 2.24) is 10.2 Å². The van der Waals surface area contributed by atoms with Gasteiger partial charge in [-0.1, -0.05) is 0 Å². The van der Waals surface area contributed by atoms with Gasteiger partial charge in [-0.2, -0.15) is 0 Å². The number of carbonyl (C=O) groups is 2. The fourth-order valence-electron chi connectivity index (χ4n) is 3.50. The third-order valence-corrected chi connectivity index (χ3v) is 5.99. The maximum Gasteiger partial charge on any atom is 0.245 e. The molecule has 156 valence electrons. The number of nitrogens with zero attached hydrogens (tertiary/aromatic N) is 1. The van der Waals surface area contributed by atoms with E-state index in [0.717, 1.165) is 18.4 Å². The molecule has 0 aliphatic carbocycles. The zero-order valence-electron chi connectivity index (χ0n) is 15.2. The summed E-state index contributed by atoms with van der Waals surface area (Å²) in [5, 5.41) is 5.30. The second kappa shape index (κ2) is 8.60. The molecule has 0 radical (unpaired) electrons. The van der Waals surface area contributed by atoms with Gasteiger partial charge in [0.15, 0.2) is 21.5 Å². The summed E-state index contributed by atoms with van der Waals surface area (Å²) in [6.07, 6.45) is 2.73. The third kappa shape index (κ3) is 4.72. The van der Waals surface area contributed by atoms with Crippen molar-refractivity contribution in [2.75, 3.05) is 24.7 Å². The van der Waals surface area contributed by atoms with Crippen LogP contribution in [0.25, 0.3) is 0 Å². The fraction of sp³-hybridized carbons (Fsp3) is 0.529. The largest absolute Gasteiger partial charge is 0.369 e. The fourth-order valence-corrected chi connectivity index (χ4v) is 4.14. The number of likely N-dealkylation sites (tertiary alicyclic amines) is 1. The van der Waals surface area contributed by atoms with E-state index in [1.54, 1.807) is 4.90 Å². The predicted molar refractivity (Wildman–Crippen MR) is 101 cm³/mol. The Balaban J connectivity index is 0.00000280. The van der Waals surface area contributed by atoms with Gasteiger partial charge in [0.25, 0.3) is 0 Å². The van der Waals surface area contributed by atoms with Gasteiger partial charge in [-0.3, -0.25) is 9.59 Å². The summed E-state index contributed by atoms with van der Waals surface area (Å²) in [4.78, 5) is 25.5. The summed E-state index contributed by atoms with van der Waals surface area (Å²) in [6, 6.07) is 0.407. The molecular formula is C17H22ClF2N3O4S. The minimum absolute atomic E-state index is 0. The van der Waals surface area contributed by atoms with E-state index in [-0.39, 0.29) is 36.7 Å². The quantitative estimate of drug-likeness (QED) is 0.743. The molecule has 2 aliphatic rings. The van der Waals surface area contributed by atoms with Gasteiger partial charge in [0, 0.05) is 31.8 Å². The van der Waals surface area contributed by atoms with Crippen LogP contribution in [0.4, 0.5) is 14.5 Å². The minimum atomic E-state index is -3.76. The summed E-state index contributed by atoms with van der Waals surface area (Å²) in [5.74, 6) is -2.58. The molecule has 0 spiro atoms. The van der Waals surface area contributed by atoms with Crippen molar-refractivity contribution in [3.05, 3.63) is 23.8 Å². The Hall–Kier alpha value is -1.94. The molecule has 11 heteroatoms. The Kier molecular flexibility index (Phi) is 6.87. The standard InChI is InChI=1S/C17H21F2N3O4S.ClH/c1-27(25,26)11-8-12(18)16(13(19)9-11)21-14-3-2-6-22(17(14)24)10-4-5-20-15(23)7-10;/h8-10,14,21H,2-7H2,1H3,(H,20,23);1H/t10-,14?;/m0./s1. The van der Waals surface area contributed by atoms with E-state index in [9.17, 15) is 26.8 Å². The predicted octanol–water partition coefficient (Wildman–Crippen LogP) is 1.47. The van der Waals surface area contributed by atoms with Crippen molar-refractivity contribution >= 4 is 39.7 Å². The number of nitrogens with one attached hydrogen (secondary N) is 2. The lowest BCUT2D eigenvalue weighted by atomic mass is 9.97. The van der Waals surface area contributed by atoms with Gasteiger partial charge in [0.1, 0.15) is 11.7 Å². The van der Waals surface area contributed by atoms with Gasteiger partial charge in [-0.25, -0.2) is 17.2 Å². The number of rotatable bonds is 4. The lowest BCUT2D eigenvalue weighted by Gasteiger charge is -2.39. The highest BCUT2D eigenvalue weighted by molar-refractivity contribution is 7.90. The second-order valence-electron chi connectivity index (χ2n) is 6.90. The highest BCUT2D eigenvalue weighted by atomic mass is 35.5. The number of halogens is 3. The number of sulfone groups is 1. The van der Waals surface area contributed by atoms with Crippen molar-refractivity contribution in [3.63, 3.8) is 0 Å². The summed E-state index contributed by atoms with van der Waals surface area (Å²) >= 11 is 0. The van der Waals surface area contributed by atoms with Crippen LogP contribution in [0, 0.1) is 11.6 Å². The van der Waals surface area contributed by atoms with E-state index in [2.05, 4.69) is 10.6 Å². The van der Waals surface area contributed by atoms with Crippen LogP contribution < -0.4 is 10.6 Å². The maximum absolute atomic E-state index is 14.3. The molecule has 2 N–H and O–H groups in total. The number of hydrogen-bond acceptors (Lipinski definition) is 5. The van der Waals surface area contributed by atoms with Gasteiger partial charge in [-0.15, -0.1) is 12.4 Å². The van der Waals surface area contributed by atoms with E-state index in [0.29, 0.717) is 32.4 Å². The number of amides is 2. The van der Waals surface area contributed by atoms with E-state index >= 15 is 0 Å².